The van der Waals surface area contributed by atoms with E-state index < -0.39 is 0 Å². The molecule has 0 aliphatic rings. The zero-order chi connectivity index (χ0) is 9.42. The van der Waals surface area contributed by atoms with Crippen LogP contribution in [-0.2, 0) is 0 Å². The van der Waals surface area contributed by atoms with Crippen LogP contribution in [0.25, 0.3) is 10.9 Å². The van der Waals surface area contributed by atoms with Gasteiger partial charge < -0.3 is 4.98 Å². The van der Waals surface area contributed by atoms with E-state index in [2.05, 4.69) is 33.0 Å². The molecule has 2 nitrogen and oxygen atoms in total. The Bertz CT molecular complexity index is 505. The highest BCUT2D eigenvalue weighted by molar-refractivity contribution is 9.10. The van der Waals surface area contributed by atoms with E-state index in [4.69, 9.17) is 5.26 Å². The Labute approximate surface area is 84.3 Å². The monoisotopic (exact) mass is 234 g/mol. The Morgan fingerprint density at radius 2 is 2.15 bits per heavy atom. The number of aromatic nitrogens is 1. The summed E-state index contributed by atoms with van der Waals surface area (Å²) < 4.78 is 1.00. The number of aromatic amines is 1. The second kappa shape index (κ2) is 2.90. The number of fused-ring (bicyclic) bond motifs is 1. The molecule has 2 aromatic rings. The summed E-state index contributed by atoms with van der Waals surface area (Å²) in [6.45, 7) is 2.03. The summed E-state index contributed by atoms with van der Waals surface area (Å²) in [6, 6.07) is 8.02. The Balaban J connectivity index is 2.84. The van der Waals surface area contributed by atoms with Crippen LogP contribution in [0.5, 0.6) is 0 Å². The number of nitrogens with one attached hydrogen (secondary N) is 1. The maximum absolute atomic E-state index is 8.70. The van der Waals surface area contributed by atoms with Gasteiger partial charge in [-0.1, -0.05) is 0 Å². The molecule has 0 radical (unpaired) electrons. The number of halogens is 1. The lowest BCUT2D eigenvalue weighted by atomic mass is 10.2. The van der Waals surface area contributed by atoms with Gasteiger partial charge in [0, 0.05) is 9.86 Å². The van der Waals surface area contributed by atoms with E-state index in [1.54, 1.807) is 0 Å². The first-order valence-electron chi connectivity index (χ1n) is 3.89. The highest BCUT2D eigenvalue weighted by Gasteiger charge is 2.03. The average molecular weight is 235 g/mol. The predicted octanol–water partition coefficient (Wildman–Crippen LogP) is 3.11. The van der Waals surface area contributed by atoms with Crippen LogP contribution in [0.1, 0.15) is 11.3 Å². The summed E-state index contributed by atoms with van der Waals surface area (Å²) in [5.41, 5.74) is 2.77. The minimum absolute atomic E-state index is 0.598. The van der Waals surface area contributed by atoms with Gasteiger partial charge in [0.1, 0.15) is 11.8 Å². The quantitative estimate of drug-likeness (QED) is 0.748. The Morgan fingerprint density at radius 1 is 1.38 bits per heavy atom. The van der Waals surface area contributed by atoms with Crippen molar-refractivity contribution in [1.29, 1.82) is 5.26 Å². The van der Waals surface area contributed by atoms with Gasteiger partial charge >= 0.3 is 0 Å². The Kier molecular flexibility index (Phi) is 1.86. The molecule has 1 heterocycles. The maximum Gasteiger partial charge on any atom is 0.118 e. The van der Waals surface area contributed by atoms with Crippen molar-refractivity contribution in [3.05, 3.63) is 33.9 Å². The summed E-state index contributed by atoms with van der Waals surface area (Å²) >= 11 is 3.45. The summed E-state index contributed by atoms with van der Waals surface area (Å²) in [5, 5.41) is 9.77. The summed E-state index contributed by atoms with van der Waals surface area (Å²) in [4.78, 5) is 3.03. The Hall–Kier alpha value is -1.27. The summed E-state index contributed by atoms with van der Waals surface area (Å²) in [6.07, 6.45) is 0. The average Bonchev–Trinajstić information content (AvgIpc) is 2.47. The van der Waals surface area contributed by atoms with Crippen LogP contribution in [0.4, 0.5) is 0 Å². The fourth-order valence-electron chi connectivity index (χ4n) is 1.40. The van der Waals surface area contributed by atoms with Crippen molar-refractivity contribution in [1.82, 2.24) is 4.98 Å². The molecule has 0 unspecified atom stereocenters. The van der Waals surface area contributed by atoms with Gasteiger partial charge in [0.25, 0.3) is 0 Å². The van der Waals surface area contributed by atoms with E-state index in [1.165, 1.54) is 5.56 Å². The molecule has 0 atom stereocenters. The van der Waals surface area contributed by atoms with E-state index >= 15 is 0 Å². The van der Waals surface area contributed by atoms with E-state index in [0.717, 1.165) is 15.4 Å². The van der Waals surface area contributed by atoms with Gasteiger partial charge in [-0.2, -0.15) is 5.26 Å². The molecule has 3 heteroatoms. The molecule has 2 rings (SSSR count). The highest BCUT2D eigenvalue weighted by atomic mass is 79.9. The molecule has 0 saturated heterocycles. The van der Waals surface area contributed by atoms with Crippen LogP contribution in [0.15, 0.2) is 22.7 Å². The van der Waals surface area contributed by atoms with Crippen molar-refractivity contribution in [2.24, 2.45) is 0 Å². The second-order valence-corrected chi connectivity index (χ2v) is 3.86. The number of benzene rings is 1. The van der Waals surface area contributed by atoms with Crippen LogP contribution in [-0.4, -0.2) is 4.98 Å². The van der Waals surface area contributed by atoms with Gasteiger partial charge in [-0.05, 0) is 46.6 Å². The highest BCUT2D eigenvalue weighted by Crippen LogP contribution is 2.25. The van der Waals surface area contributed by atoms with Crippen LogP contribution in [0.2, 0.25) is 0 Å². The SMILES string of the molecule is Cc1cc(Br)c2[nH]c(C#N)cc2c1. The first-order valence-corrected chi connectivity index (χ1v) is 4.69. The van der Waals surface area contributed by atoms with E-state index in [9.17, 15) is 0 Å². The number of nitriles is 1. The molecule has 1 N–H and O–H groups in total. The molecule has 13 heavy (non-hydrogen) atoms. The molecule has 0 aliphatic carbocycles. The topological polar surface area (TPSA) is 39.6 Å². The Morgan fingerprint density at radius 3 is 2.85 bits per heavy atom. The number of H-pyrrole nitrogens is 1. The third-order valence-electron chi connectivity index (χ3n) is 1.95. The molecule has 0 saturated carbocycles. The number of hydrogen-bond acceptors (Lipinski definition) is 1. The van der Waals surface area contributed by atoms with Crippen molar-refractivity contribution >= 4 is 26.8 Å². The molecule has 0 fully saturated rings. The lowest BCUT2D eigenvalue weighted by molar-refractivity contribution is 1.36. The summed E-state index contributed by atoms with van der Waals surface area (Å²) in [5.74, 6) is 0. The zero-order valence-corrected chi connectivity index (χ0v) is 8.64. The molecule has 64 valence electrons. The molecule has 1 aromatic carbocycles. The number of nitrogens with zero attached hydrogens (tertiary/aromatic N) is 1. The number of hydrogen-bond donors (Lipinski definition) is 1. The lowest BCUT2D eigenvalue weighted by Gasteiger charge is -1.96. The van der Waals surface area contributed by atoms with Crippen LogP contribution >= 0.6 is 15.9 Å². The molecular formula is C10H7BrN2. The fraction of sp³-hybridized carbons (Fsp3) is 0.100. The zero-order valence-electron chi connectivity index (χ0n) is 7.06. The first kappa shape index (κ1) is 8.33. The lowest BCUT2D eigenvalue weighted by Crippen LogP contribution is -1.75. The molecule has 0 spiro atoms. The van der Waals surface area contributed by atoms with E-state index in [0.29, 0.717) is 5.69 Å². The number of aryl methyl sites for hydroxylation is 1. The van der Waals surface area contributed by atoms with Crippen LogP contribution < -0.4 is 0 Å². The first-order chi connectivity index (χ1) is 6.20. The van der Waals surface area contributed by atoms with E-state index in [1.807, 2.05) is 19.1 Å². The van der Waals surface area contributed by atoms with Crippen molar-refractivity contribution in [3.8, 4) is 6.07 Å². The molecular weight excluding hydrogens is 228 g/mol. The molecule has 0 aliphatic heterocycles. The van der Waals surface area contributed by atoms with Crippen LogP contribution in [0.3, 0.4) is 0 Å². The van der Waals surface area contributed by atoms with Gasteiger partial charge in [-0.25, -0.2) is 0 Å². The van der Waals surface area contributed by atoms with E-state index in [-0.39, 0.29) is 0 Å². The predicted molar refractivity (Wildman–Crippen MR) is 55.5 cm³/mol. The third kappa shape index (κ3) is 1.34. The third-order valence-corrected chi connectivity index (χ3v) is 2.57. The van der Waals surface area contributed by atoms with Crippen molar-refractivity contribution < 1.29 is 0 Å². The number of rotatable bonds is 0. The van der Waals surface area contributed by atoms with Gasteiger partial charge in [0.05, 0.1) is 5.52 Å². The van der Waals surface area contributed by atoms with Crippen LogP contribution in [0, 0.1) is 18.3 Å². The standard InChI is InChI=1S/C10H7BrN2/c1-6-2-7-4-8(5-12)13-10(7)9(11)3-6/h2-4,13H,1H3. The summed E-state index contributed by atoms with van der Waals surface area (Å²) in [7, 11) is 0. The van der Waals surface area contributed by atoms with Gasteiger partial charge in [-0.15, -0.1) is 0 Å². The van der Waals surface area contributed by atoms with Crippen molar-refractivity contribution in [3.63, 3.8) is 0 Å². The second-order valence-electron chi connectivity index (χ2n) is 3.01. The smallest absolute Gasteiger partial charge is 0.118 e. The minimum Gasteiger partial charge on any atom is -0.345 e. The maximum atomic E-state index is 8.70. The van der Waals surface area contributed by atoms with Gasteiger partial charge in [-0.3, -0.25) is 0 Å². The largest absolute Gasteiger partial charge is 0.345 e. The van der Waals surface area contributed by atoms with Gasteiger partial charge in [0.15, 0.2) is 0 Å². The van der Waals surface area contributed by atoms with Crippen molar-refractivity contribution in [2.45, 2.75) is 6.92 Å². The molecule has 0 amide bonds. The van der Waals surface area contributed by atoms with Gasteiger partial charge in [0.2, 0.25) is 0 Å². The minimum atomic E-state index is 0.598. The molecule has 1 aromatic heterocycles. The molecule has 0 bridgehead atoms. The normalized spacial score (nSPS) is 10.2. The fourth-order valence-corrected chi connectivity index (χ4v) is 2.09. The van der Waals surface area contributed by atoms with Crippen molar-refractivity contribution in [2.75, 3.05) is 0 Å².